The quantitative estimate of drug-likeness (QED) is 0.913. The highest BCUT2D eigenvalue weighted by Crippen LogP contribution is 2.32. The fraction of sp³-hybridized carbons (Fsp3) is 0.250. The highest BCUT2D eigenvalue weighted by molar-refractivity contribution is 6.31. The van der Waals surface area contributed by atoms with E-state index in [0.717, 1.165) is 46.5 Å². The van der Waals surface area contributed by atoms with Crippen LogP contribution in [0.5, 0.6) is 5.75 Å². The van der Waals surface area contributed by atoms with Crippen molar-refractivity contribution in [3.8, 4) is 5.75 Å². The molecule has 0 aliphatic carbocycles. The van der Waals surface area contributed by atoms with Crippen molar-refractivity contribution in [1.82, 2.24) is 5.32 Å². The lowest BCUT2D eigenvalue weighted by atomic mass is 10.1. The minimum atomic E-state index is 0.716. The van der Waals surface area contributed by atoms with Crippen molar-refractivity contribution in [3.05, 3.63) is 63.1 Å². The van der Waals surface area contributed by atoms with Crippen LogP contribution in [0.4, 0.5) is 0 Å². The van der Waals surface area contributed by atoms with Gasteiger partial charge in [-0.25, -0.2) is 0 Å². The Balaban J connectivity index is 1.69. The van der Waals surface area contributed by atoms with Crippen LogP contribution in [-0.4, -0.2) is 6.61 Å². The molecule has 0 saturated heterocycles. The van der Waals surface area contributed by atoms with Crippen LogP contribution in [0.1, 0.15) is 16.7 Å². The Labute approximate surface area is 128 Å². The van der Waals surface area contributed by atoms with Gasteiger partial charge in [-0.15, -0.1) is 0 Å². The third-order valence-corrected chi connectivity index (χ3v) is 4.00. The zero-order valence-corrected chi connectivity index (χ0v) is 12.5. The van der Waals surface area contributed by atoms with E-state index in [4.69, 9.17) is 27.9 Å². The topological polar surface area (TPSA) is 21.3 Å². The molecule has 0 saturated carbocycles. The van der Waals surface area contributed by atoms with Gasteiger partial charge in [-0.2, -0.15) is 0 Å². The molecule has 104 valence electrons. The highest BCUT2D eigenvalue weighted by atomic mass is 35.5. The summed E-state index contributed by atoms with van der Waals surface area (Å²) in [5.41, 5.74) is 3.40. The van der Waals surface area contributed by atoms with E-state index in [1.807, 2.05) is 36.4 Å². The first-order chi connectivity index (χ1) is 9.74. The maximum Gasteiger partial charge on any atom is 0.127 e. The van der Waals surface area contributed by atoms with Gasteiger partial charge < -0.3 is 10.1 Å². The molecular formula is C16H15Cl2NO. The second kappa shape index (κ2) is 6.04. The van der Waals surface area contributed by atoms with Gasteiger partial charge in [0.05, 0.1) is 6.61 Å². The smallest absolute Gasteiger partial charge is 0.127 e. The zero-order valence-electron chi connectivity index (χ0n) is 11.0. The summed E-state index contributed by atoms with van der Waals surface area (Å²) < 4.78 is 5.69. The third-order valence-electron chi connectivity index (χ3n) is 3.41. The van der Waals surface area contributed by atoms with E-state index in [9.17, 15) is 0 Å². The minimum absolute atomic E-state index is 0.716. The molecule has 0 aromatic heterocycles. The van der Waals surface area contributed by atoms with Crippen LogP contribution in [0.3, 0.4) is 0 Å². The summed E-state index contributed by atoms with van der Waals surface area (Å²) in [5, 5.41) is 4.94. The Morgan fingerprint density at radius 1 is 1.05 bits per heavy atom. The molecule has 0 fully saturated rings. The number of nitrogens with one attached hydrogen (secondary N) is 1. The number of rotatable bonds is 4. The van der Waals surface area contributed by atoms with Gasteiger partial charge in [-0.1, -0.05) is 41.4 Å². The fourth-order valence-electron chi connectivity index (χ4n) is 2.45. The predicted octanol–water partition coefficient (Wildman–Crippen LogP) is 4.22. The molecule has 0 radical (unpaired) electrons. The summed E-state index contributed by atoms with van der Waals surface area (Å²) >= 11 is 12.3. The summed E-state index contributed by atoms with van der Waals surface area (Å²) in [7, 11) is 0. The minimum Gasteiger partial charge on any atom is -0.493 e. The van der Waals surface area contributed by atoms with Crippen LogP contribution >= 0.6 is 23.2 Å². The van der Waals surface area contributed by atoms with Gasteiger partial charge in [0.2, 0.25) is 0 Å². The molecule has 0 spiro atoms. The van der Waals surface area contributed by atoms with Gasteiger partial charge in [0.1, 0.15) is 5.75 Å². The molecular weight excluding hydrogens is 293 g/mol. The molecule has 0 unspecified atom stereocenters. The van der Waals surface area contributed by atoms with Crippen molar-refractivity contribution in [2.45, 2.75) is 19.5 Å². The maximum atomic E-state index is 6.15. The molecule has 2 aromatic carbocycles. The van der Waals surface area contributed by atoms with Gasteiger partial charge in [-0.05, 0) is 29.3 Å². The van der Waals surface area contributed by atoms with Crippen LogP contribution in [-0.2, 0) is 19.5 Å². The lowest BCUT2D eigenvalue weighted by Crippen LogP contribution is -2.13. The van der Waals surface area contributed by atoms with E-state index in [0.29, 0.717) is 6.54 Å². The molecule has 2 aromatic rings. The Morgan fingerprint density at radius 2 is 1.85 bits per heavy atom. The van der Waals surface area contributed by atoms with Crippen molar-refractivity contribution < 1.29 is 4.74 Å². The number of ether oxygens (including phenoxy) is 1. The van der Waals surface area contributed by atoms with Gasteiger partial charge in [0.25, 0.3) is 0 Å². The molecule has 2 nitrogen and oxygen atoms in total. The van der Waals surface area contributed by atoms with Gasteiger partial charge >= 0.3 is 0 Å². The molecule has 3 rings (SSSR count). The molecule has 0 atom stereocenters. The van der Waals surface area contributed by atoms with E-state index in [2.05, 4.69) is 5.32 Å². The van der Waals surface area contributed by atoms with Gasteiger partial charge in [0, 0.05) is 35.1 Å². The second-order valence-electron chi connectivity index (χ2n) is 4.85. The number of hydrogen-bond acceptors (Lipinski definition) is 2. The zero-order chi connectivity index (χ0) is 13.9. The SMILES string of the molecule is Clc1cc2c(c(CNCc3ccccc3Cl)c1)OCC2. The first-order valence-corrected chi connectivity index (χ1v) is 7.38. The van der Waals surface area contributed by atoms with Crippen molar-refractivity contribution in [3.63, 3.8) is 0 Å². The second-order valence-corrected chi connectivity index (χ2v) is 5.69. The lowest BCUT2D eigenvalue weighted by molar-refractivity contribution is 0.352. The van der Waals surface area contributed by atoms with Crippen LogP contribution < -0.4 is 10.1 Å². The predicted molar refractivity (Wildman–Crippen MR) is 82.6 cm³/mol. The maximum absolute atomic E-state index is 6.15. The number of fused-ring (bicyclic) bond motifs is 1. The summed E-state index contributed by atoms with van der Waals surface area (Å²) in [4.78, 5) is 0. The van der Waals surface area contributed by atoms with Crippen LogP contribution in [0.2, 0.25) is 10.0 Å². The molecule has 1 N–H and O–H groups in total. The summed E-state index contributed by atoms with van der Waals surface area (Å²) in [5.74, 6) is 0.987. The third kappa shape index (κ3) is 2.93. The van der Waals surface area contributed by atoms with Crippen LogP contribution in [0.25, 0.3) is 0 Å². The van der Waals surface area contributed by atoms with E-state index >= 15 is 0 Å². The molecule has 4 heteroatoms. The summed E-state index contributed by atoms with van der Waals surface area (Å²) in [6, 6.07) is 11.8. The van der Waals surface area contributed by atoms with E-state index < -0.39 is 0 Å². The van der Waals surface area contributed by atoms with E-state index in [1.54, 1.807) is 0 Å². The standard InChI is InChI=1S/C16H15Cl2NO/c17-14-7-11-5-6-20-16(11)13(8-14)10-19-9-12-3-1-2-4-15(12)18/h1-4,7-8,19H,5-6,9-10H2. The number of benzene rings is 2. The molecule has 1 aliphatic rings. The number of hydrogen-bond donors (Lipinski definition) is 1. The van der Waals surface area contributed by atoms with Crippen molar-refractivity contribution >= 4 is 23.2 Å². The van der Waals surface area contributed by atoms with Crippen LogP contribution in [0.15, 0.2) is 36.4 Å². The first kappa shape index (κ1) is 13.7. The highest BCUT2D eigenvalue weighted by Gasteiger charge is 2.17. The lowest BCUT2D eigenvalue weighted by Gasteiger charge is -2.11. The van der Waals surface area contributed by atoms with Crippen molar-refractivity contribution in [2.75, 3.05) is 6.61 Å². The van der Waals surface area contributed by atoms with E-state index in [-0.39, 0.29) is 0 Å². The van der Waals surface area contributed by atoms with Crippen molar-refractivity contribution in [2.24, 2.45) is 0 Å². The van der Waals surface area contributed by atoms with Gasteiger partial charge in [-0.3, -0.25) is 0 Å². The Bertz CT molecular complexity index is 628. The Morgan fingerprint density at radius 3 is 2.70 bits per heavy atom. The molecule has 0 bridgehead atoms. The molecule has 0 amide bonds. The molecule has 1 heterocycles. The largest absolute Gasteiger partial charge is 0.493 e. The van der Waals surface area contributed by atoms with Gasteiger partial charge in [0.15, 0.2) is 0 Å². The molecule has 1 aliphatic heterocycles. The average Bonchev–Trinajstić information content (AvgIpc) is 2.89. The number of halogens is 2. The first-order valence-electron chi connectivity index (χ1n) is 6.62. The summed E-state index contributed by atoms with van der Waals surface area (Å²) in [6.07, 6.45) is 0.938. The normalized spacial score (nSPS) is 13.1. The average molecular weight is 308 g/mol. The monoisotopic (exact) mass is 307 g/mol. The van der Waals surface area contributed by atoms with Crippen molar-refractivity contribution in [1.29, 1.82) is 0 Å². The fourth-order valence-corrected chi connectivity index (χ4v) is 2.92. The molecule has 20 heavy (non-hydrogen) atoms. The Kier molecular flexibility index (Phi) is 4.16. The summed E-state index contributed by atoms with van der Waals surface area (Å²) in [6.45, 7) is 2.18. The van der Waals surface area contributed by atoms with Crippen LogP contribution in [0, 0.1) is 0 Å². The Hall–Kier alpha value is -1.22. The van der Waals surface area contributed by atoms with E-state index in [1.165, 1.54) is 5.56 Å².